The van der Waals surface area contributed by atoms with Gasteiger partial charge in [-0.25, -0.2) is 23.3 Å². The molecule has 1 fully saturated rings. The Morgan fingerprint density at radius 2 is 2.11 bits per heavy atom. The number of aromatic nitrogens is 4. The summed E-state index contributed by atoms with van der Waals surface area (Å²) >= 11 is 0. The summed E-state index contributed by atoms with van der Waals surface area (Å²) < 4.78 is 27.4. The second-order valence-electron chi connectivity index (χ2n) is 6.56. The number of piperidine rings is 1. The van der Waals surface area contributed by atoms with Crippen LogP contribution in [-0.2, 0) is 4.79 Å². The predicted molar refractivity (Wildman–Crippen MR) is 95.3 cm³/mol. The van der Waals surface area contributed by atoms with Crippen LogP contribution in [0.3, 0.4) is 0 Å². The van der Waals surface area contributed by atoms with Gasteiger partial charge in [0, 0.05) is 24.8 Å². The molecule has 2 N–H and O–H groups in total. The smallest absolute Gasteiger partial charge is 0.282 e. The lowest BCUT2D eigenvalue weighted by molar-refractivity contribution is -0.122. The van der Waals surface area contributed by atoms with Crippen LogP contribution < -0.4 is 10.6 Å². The number of hydrogen-bond acceptors (Lipinski definition) is 5. The Morgan fingerprint density at radius 3 is 2.89 bits per heavy atom. The van der Waals surface area contributed by atoms with Crippen molar-refractivity contribution in [2.45, 2.75) is 19.3 Å². The zero-order valence-corrected chi connectivity index (χ0v) is 14.4. The molecule has 1 aliphatic heterocycles. The molecule has 9 heteroatoms. The van der Waals surface area contributed by atoms with Crippen molar-refractivity contribution in [3.05, 3.63) is 42.4 Å². The molecular weight excluding hydrogens is 354 g/mol. The molecule has 1 saturated heterocycles. The molecule has 1 atom stereocenters. The first-order valence-corrected chi connectivity index (χ1v) is 8.66. The largest absolute Gasteiger partial charge is 0.369 e. The van der Waals surface area contributed by atoms with Crippen LogP contribution in [0.5, 0.6) is 0 Å². The Balaban J connectivity index is 1.69. The van der Waals surface area contributed by atoms with Gasteiger partial charge in [0.2, 0.25) is 5.91 Å². The van der Waals surface area contributed by atoms with E-state index in [9.17, 15) is 13.6 Å². The molecule has 0 unspecified atom stereocenters. The van der Waals surface area contributed by atoms with Crippen LogP contribution in [0.4, 0.5) is 14.6 Å². The highest BCUT2D eigenvalue weighted by atomic mass is 19.3. The number of nitrogens with zero attached hydrogens (tertiary/aromatic N) is 5. The third-order valence-electron chi connectivity index (χ3n) is 4.80. The summed E-state index contributed by atoms with van der Waals surface area (Å²) in [6.45, 7) is 1.30. The predicted octanol–water partition coefficient (Wildman–Crippen LogP) is 2.43. The Hall–Kier alpha value is -3.10. The highest BCUT2D eigenvalue weighted by Crippen LogP contribution is 2.27. The number of anilines is 1. The lowest BCUT2D eigenvalue weighted by Crippen LogP contribution is -2.41. The Morgan fingerprint density at radius 1 is 1.26 bits per heavy atom. The molecule has 0 aliphatic carbocycles. The summed E-state index contributed by atoms with van der Waals surface area (Å²) in [5.74, 6) is 0.204. The highest BCUT2D eigenvalue weighted by molar-refractivity contribution is 5.77. The van der Waals surface area contributed by atoms with Crippen molar-refractivity contribution in [3.63, 3.8) is 0 Å². The number of imidazole rings is 1. The van der Waals surface area contributed by atoms with Crippen molar-refractivity contribution in [2.75, 3.05) is 18.0 Å². The number of alkyl halides is 2. The van der Waals surface area contributed by atoms with Crippen molar-refractivity contribution in [1.82, 2.24) is 19.6 Å². The molecule has 3 aromatic rings. The van der Waals surface area contributed by atoms with Gasteiger partial charge in [-0.05, 0) is 37.1 Å². The number of primary amides is 1. The van der Waals surface area contributed by atoms with Crippen LogP contribution in [-0.4, -0.2) is 38.6 Å². The van der Waals surface area contributed by atoms with E-state index in [1.165, 1.54) is 16.6 Å². The fourth-order valence-corrected chi connectivity index (χ4v) is 3.37. The summed E-state index contributed by atoms with van der Waals surface area (Å²) in [6, 6.07) is 6.41. The van der Waals surface area contributed by atoms with E-state index in [2.05, 4.69) is 15.1 Å². The maximum atomic E-state index is 13.0. The molecule has 27 heavy (non-hydrogen) atoms. The molecule has 1 amide bonds. The third kappa shape index (κ3) is 3.32. The van der Waals surface area contributed by atoms with Gasteiger partial charge in [0.1, 0.15) is 11.5 Å². The van der Waals surface area contributed by atoms with E-state index in [1.807, 2.05) is 11.0 Å². The topological polar surface area (TPSA) is 89.4 Å². The van der Waals surface area contributed by atoms with Gasteiger partial charge in [0.15, 0.2) is 5.65 Å². The Labute approximate surface area is 153 Å². The van der Waals surface area contributed by atoms with Crippen LogP contribution in [0.15, 0.2) is 36.7 Å². The average molecular weight is 372 g/mol. The lowest BCUT2D eigenvalue weighted by atomic mass is 9.97. The van der Waals surface area contributed by atoms with Gasteiger partial charge in [-0.1, -0.05) is 0 Å². The van der Waals surface area contributed by atoms with Crippen molar-refractivity contribution in [1.29, 1.82) is 0 Å². The molecule has 0 aromatic carbocycles. The van der Waals surface area contributed by atoms with Crippen molar-refractivity contribution >= 4 is 17.4 Å². The van der Waals surface area contributed by atoms with Crippen LogP contribution in [0.2, 0.25) is 0 Å². The van der Waals surface area contributed by atoms with Gasteiger partial charge in [-0.3, -0.25) is 4.79 Å². The Kier molecular flexibility index (Phi) is 4.43. The summed E-state index contributed by atoms with van der Waals surface area (Å²) in [7, 11) is 0. The van der Waals surface area contributed by atoms with Gasteiger partial charge >= 0.3 is 0 Å². The number of carbonyl (C=O) groups excluding carboxylic acids is 1. The fraction of sp³-hybridized carbons (Fsp3) is 0.333. The number of halogens is 2. The standard InChI is InChI=1S/C18H18F2N6O/c19-17(20)13-3-4-15-23-9-14(26(15)24-13)11-5-6-22-16(8-11)25-7-1-2-12(10-25)18(21)27/h3-6,8-9,12,17H,1-2,7,10H2,(H2,21,27)/t12-/m0/s1. The molecule has 3 aromatic heterocycles. The molecule has 140 valence electrons. The maximum Gasteiger partial charge on any atom is 0.282 e. The van der Waals surface area contributed by atoms with Crippen molar-refractivity contribution in [2.24, 2.45) is 11.7 Å². The van der Waals surface area contributed by atoms with Crippen molar-refractivity contribution < 1.29 is 13.6 Å². The van der Waals surface area contributed by atoms with Gasteiger partial charge < -0.3 is 10.6 Å². The fourth-order valence-electron chi connectivity index (χ4n) is 3.37. The zero-order valence-electron chi connectivity index (χ0n) is 14.4. The zero-order chi connectivity index (χ0) is 19.0. The van der Waals surface area contributed by atoms with Crippen LogP contribution in [0, 0.1) is 5.92 Å². The Bertz CT molecular complexity index is 989. The van der Waals surface area contributed by atoms with E-state index in [0.29, 0.717) is 23.7 Å². The first kappa shape index (κ1) is 17.3. The minimum atomic E-state index is -2.66. The molecule has 4 heterocycles. The molecular formula is C18H18F2N6O. The monoisotopic (exact) mass is 372 g/mol. The lowest BCUT2D eigenvalue weighted by Gasteiger charge is -2.32. The summed E-state index contributed by atoms with van der Waals surface area (Å²) in [5, 5.41) is 4.00. The van der Waals surface area contributed by atoms with Crippen LogP contribution >= 0.6 is 0 Å². The van der Waals surface area contributed by atoms with Gasteiger partial charge in [-0.2, -0.15) is 5.10 Å². The molecule has 0 radical (unpaired) electrons. The number of amides is 1. The number of carbonyl (C=O) groups is 1. The minimum absolute atomic E-state index is 0.199. The molecule has 0 bridgehead atoms. The third-order valence-corrected chi connectivity index (χ3v) is 4.80. The van der Waals surface area contributed by atoms with Crippen molar-refractivity contribution in [3.8, 4) is 11.3 Å². The average Bonchev–Trinajstić information content (AvgIpc) is 3.11. The van der Waals surface area contributed by atoms with Gasteiger partial charge in [0.25, 0.3) is 6.43 Å². The minimum Gasteiger partial charge on any atom is -0.369 e. The summed E-state index contributed by atoms with van der Waals surface area (Å²) in [6.07, 6.45) is 2.22. The quantitative estimate of drug-likeness (QED) is 0.760. The first-order valence-electron chi connectivity index (χ1n) is 8.66. The number of pyridine rings is 1. The van der Waals surface area contributed by atoms with Crippen LogP contribution in [0.25, 0.3) is 16.9 Å². The van der Waals surface area contributed by atoms with E-state index in [-0.39, 0.29) is 17.5 Å². The maximum absolute atomic E-state index is 13.0. The second kappa shape index (κ2) is 6.90. The normalized spacial score (nSPS) is 17.6. The number of rotatable bonds is 4. The molecule has 1 aliphatic rings. The molecule has 0 spiro atoms. The summed E-state index contributed by atoms with van der Waals surface area (Å²) in [4.78, 5) is 22.2. The van der Waals surface area contributed by atoms with E-state index in [1.54, 1.807) is 18.5 Å². The molecule has 0 saturated carbocycles. The van der Waals surface area contributed by atoms with E-state index in [0.717, 1.165) is 24.9 Å². The van der Waals surface area contributed by atoms with Crippen LogP contribution in [0.1, 0.15) is 25.0 Å². The van der Waals surface area contributed by atoms with E-state index in [4.69, 9.17) is 5.73 Å². The molecule has 4 rings (SSSR count). The van der Waals surface area contributed by atoms with E-state index < -0.39 is 6.43 Å². The number of nitrogens with two attached hydrogens (primary N) is 1. The summed E-state index contributed by atoms with van der Waals surface area (Å²) in [5.41, 5.74) is 6.98. The highest BCUT2D eigenvalue weighted by Gasteiger charge is 2.25. The molecule has 7 nitrogen and oxygen atoms in total. The SMILES string of the molecule is NC(=O)[C@H]1CCCN(c2cc(-c3cnc4ccc(C(F)F)nn34)ccn2)C1. The number of fused-ring (bicyclic) bond motifs is 1. The second-order valence-corrected chi connectivity index (χ2v) is 6.56. The first-order chi connectivity index (χ1) is 13.0. The van der Waals surface area contributed by atoms with Gasteiger partial charge in [-0.15, -0.1) is 0 Å². The van der Waals surface area contributed by atoms with E-state index >= 15 is 0 Å². The van der Waals surface area contributed by atoms with Gasteiger partial charge in [0.05, 0.1) is 17.8 Å². The number of hydrogen-bond donors (Lipinski definition) is 1.